The topological polar surface area (TPSA) is 37.0 Å². The molecule has 0 unspecified atom stereocenters. The highest BCUT2D eigenvalue weighted by Gasteiger charge is 2.08. The number of anilines is 1. The van der Waals surface area contributed by atoms with Crippen molar-refractivity contribution >= 4 is 58.1 Å². The first-order valence-corrected chi connectivity index (χ1v) is 9.86. The number of hydrogen-bond acceptors (Lipinski definition) is 4. The monoisotopic (exact) mass is 419 g/mol. The first kappa shape index (κ1) is 21.6. The van der Waals surface area contributed by atoms with Gasteiger partial charge in [-0.15, -0.1) is 12.6 Å². The average molecular weight is 420 g/mol. The average Bonchev–Trinajstić information content (AvgIpc) is 2.65. The van der Waals surface area contributed by atoms with Gasteiger partial charge in [-0.05, 0) is 49.5 Å². The lowest BCUT2D eigenvalue weighted by atomic mass is 10.1. The molecule has 0 radical (unpaired) electrons. The first-order valence-electron chi connectivity index (χ1n) is 8.66. The van der Waals surface area contributed by atoms with Gasteiger partial charge in [0.05, 0.1) is 15.6 Å². The molecule has 0 amide bonds. The largest absolute Gasteiger partial charge is 0.355 e. The standard InChI is InChI=1S/C17H12Cl2N2S.C4H11N/c1-10(21-12-4-5-14(18)17(22)8-12)13-9-16-11(7-15(13)19)3-2-6-20-16;1-3-5-4-2/h2-9,21-22H,1H2;5H,3-4H2,1-2H3. The Labute approximate surface area is 176 Å². The van der Waals surface area contributed by atoms with Crippen LogP contribution >= 0.6 is 35.8 Å². The SMILES string of the molecule is C=C(Nc1ccc(Cl)c(S)c1)c1cc2ncccc2cc1Cl.CCNCC. The molecule has 0 spiro atoms. The summed E-state index contributed by atoms with van der Waals surface area (Å²) in [7, 11) is 0. The molecule has 3 aromatic rings. The van der Waals surface area contributed by atoms with E-state index in [2.05, 4.69) is 48.7 Å². The molecule has 0 saturated heterocycles. The third-order valence-corrected chi connectivity index (χ3v) is 4.90. The Hall–Kier alpha value is -1.72. The van der Waals surface area contributed by atoms with Crippen LogP contribution in [0.2, 0.25) is 10.0 Å². The van der Waals surface area contributed by atoms with E-state index in [9.17, 15) is 0 Å². The minimum absolute atomic E-state index is 0.604. The molecular weight excluding hydrogens is 397 g/mol. The fraction of sp³-hybridized carbons (Fsp3) is 0.190. The quantitative estimate of drug-likeness (QED) is 0.411. The van der Waals surface area contributed by atoms with Crippen LogP contribution in [0.15, 0.2) is 60.1 Å². The third-order valence-electron chi connectivity index (χ3n) is 3.76. The zero-order valence-corrected chi connectivity index (χ0v) is 17.8. The fourth-order valence-electron chi connectivity index (χ4n) is 2.41. The van der Waals surface area contributed by atoms with E-state index in [1.807, 2.05) is 36.4 Å². The van der Waals surface area contributed by atoms with Crippen LogP contribution < -0.4 is 10.6 Å². The molecule has 0 fully saturated rings. The van der Waals surface area contributed by atoms with Crippen molar-refractivity contribution in [3.63, 3.8) is 0 Å². The summed E-state index contributed by atoms with van der Waals surface area (Å²) in [5.74, 6) is 0. The van der Waals surface area contributed by atoms with Gasteiger partial charge in [0.1, 0.15) is 0 Å². The molecule has 3 nitrogen and oxygen atoms in total. The molecule has 1 heterocycles. The van der Waals surface area contributed by atoms with E-state index in [-0.39, 0.29) is 0 Å². The molecule has 2 N–H and O–H groups in total. The zero-order valence-electron chi connectivity index (χ0n) is 15.4. The van der Waals surface area contributed by atoms with Crippen molar-refractivity contribution in [3.8, 4) is 0 Å². The van der Waals surface area contributed by atoms with Gasteiger partial charge in [0.2, 0.25) is 0 Å². The summed E-state index contributed by atoms with van der Waals surface area (Å²) >= 11 is 16.6. The fourth-order valence-corrected chi connectivity index (χ4v) is 3.02. The Morgan fingerprint density at radius 3 is 2.44 bits per heavy atom. The van der Waals surface area contributed by atoms with E-state index in [1.54, 1.807) is 12.3 Å². The number of rotatable bonds is 5. The van der Waals surface area contributed by atoms with Crippen LogP contribution in [0, 0.1) is 0 Å². The molecule has 0 aliphatic heterocycles. The lowest BCUT2D eigenvalue weighted by Gasteiger charge is -2.13. The lowest BCUT2D eigenvalue weighted by Crippen LogP contribution is -2.09. The molecule has 142 valence electrons. The molecule has 0 aliphatic carbocycles. The molecule has 27 heavy (non-hydrogen) atoms. The number of aromatic nitrogens is 1. The molecule has 3 rings (SSSR count). The normalized spacial score (nSPS) is 10.3. The summed E-state index contributed by atoms with van der Waals surface area (Å²) < 4.78 is 0. The first-order chi connectivity index (χ1) is 13.0. The molecule has 0 saturated carbocycles. The summed E-state index contributed by atoms with van der Waals surface area (Å²) in [5.41, 5.74) is 3.21. The summed E-state index contributed by atoms with van der Waals surface area (Å²) in [5, 5.41) is 8.55. The zero-order chi connectivity index (χ0) is 19.8. The van der Waals surface area contributed by atoms with Crippen molar-refractivity contribution < 1.29 is 0 Å². The van der Waals surface area contributed by atoms with Crippen LogP contribution in [0.1, 0.15) is 19.4 Å². The second-order valence-corrected chi connectivity index (χ2v) is 7.05. The third kappa shape index (κ3) is 6.15. The smallest absolute Gasteiger partial charge is 0.0709 e. The van der Waals surface area contributed by atoms with E-state index in [1.165, 1.54) is 0 Å². The summed E-state index contributed by atoms with van der Waals surface area (Å²) in [6.07, 6.45) is 1.75. The Morgan fingerprint density at radius 1 is 1.07 bits per heavy atom. The number of halogens is 2. The van der Waals surface area contributed by atoms with Crippen molar-refractivity contribution in [1.82, 2.24) is 10.3 Å². The predicted octanol–water partition coefficient (Wildman–Crippen LogP) is 6.53. The van der Waals surface area contributed by atoms with Gasteiger partial charge in [0.25, 0.3) is 0 Å². The molecule has 1 aromatic heterocycles. The highest BCUT2D eigenvalue weighted by molar-refractivity contribution is 7.80. The minimum atomic E-state index is 0.604. The lowest BCUT2D eigenvalue weighted by molar-refractivity contribution is 0.762. The summed E-state index contributed by atoms with van der Waals surface area (Å²) in [6.45, 7) is 10.4. The predicted molar refractivity (Wildman–Crippen MR) is 122 cm³/mol. The number of hydrogen-bond donors (Lipinski definition) is 3. The van der Waals surface area contributed by atoms with Crippen molar-refractivity contribution in [3.05, 3.63) is 70.8 Å². The van der Waals surface area contributed by atoms with Crippen LogP contribution in [0.4, 0.5) is 5.69 Å². The van der Waals surface area contributed by atoms with Crippen LogP contribution in [0.5, 0.6) is 0 Å². The van der Waals surface area contributed by atoms with E-state index in [0.717, 1.165) is 35.2 Å². The van der Waals surface area contributed by atoms with Crippen LogP contribution in [0.25, 0.3) is 16.6 Å². The number of nitrogens with one attached hydrogen (secondary N) is 2. The molecule has 0 atom stereocenters. The second kappa shape index (κ2) is 10.6. The Kier molecular flexibility index (Phi) is 8.45. The van der Waals surface area contributed by atoms with E-state index < -0.39 is 0 Å². The van der Waals surface area contributed by atoms with Gasteiger partial charge in [-0.2, -0.15) is 0 Å². The highest BCUT2D eigenvalue weighted by atomic mass is 35.5. The number of fused-ring (bicyclic) bond motifs is 1. The van der Waals surface area contributed by atoms with Gasteiger partial charge in [-0.25, -0.2) is 0 Å². The van der Waals surface area contributed by atoms with Gasteiger partial charge in [-0.3, -0.25) is 4.98 Å². The van der Waals surface area contributed by atoms with Gasteiger partial charge in [-0.1, -0.05) is 49.7 Å². The van der Waals surface area contributed by atoms with Crippen LogP contribution in [-0.4, -0.2) is 18.1 Å². The Bertz CT molecular complexity index is 926. The summed E-state index contributed by atoms with van der Waals surface area (Å²) in [6, 6.07) is 13.1. The number of nitrogens with zero attached hydrogens (tertiary/aromatic N) is 1. The number of pyridine rings is 1. The van der Waals surface area contributed by atoms with Gasteiger partial charge >= 0.3 is 0 Å². The maximum atomic E-state index is 6.36. The highest BCUT2D eigenvalue weighted by Crippen LogP contribution is 2.30. The van der Waals surface area contributed by atoms with E-state index >= 15 is 0 Å². The number of thiol groups is 1. The summed E-state index contributed by atoms with van der Waals surface area (Å²) in [4.78, 5) is 5.04. The van der Waals surface area contributed by atoms with Gasteiger partial charge in [0, 0.05) is 33.4 Å². The molecule has 0 aliphatic rings. The maximum Gasteiger partial charge on any atom is 0.0709 e. The van der Waals surface area contributed by atoms with Gasteiger partial charge in [0.15, 0.2) is 0 Å². The van der Waals surface area contributed by atoms with Crippen molar-refractivity contribution in [2.45, 2.75) is 18.7 Å². The molecule has 0 bridgehead atoms. The van der Waals surface area contributed by atoms with Crippen molar-refractivity contribution in [2.75, 3.05) is 18.4 Å². The van der Waals surface area contributed by atoms with Crippen molar-refractivity contribution in [1.29, 1.82) is 0 Å². The molecule has 2 aromatic carbocycles. The molecular formula is C21H23Cl2N3S. The van der Waals surface area contributed by atoms with Crippen LogP contribution in [0.3, 0.4) is 0 Å². The maximum absolute atomic E-state index is 6.36. The number of benzene rings is 2. The minimum Gasteiger partial charge on any atom is -0.355 e. The van der Waals surface area contributed by atoms with E-state index in [0.29, 0.717) is 20.6 Å². The van der Waals surface area contributed by atoms with E-state index in [4.69, 9.17) is 23.2 Å². The Balaban J connectivity index is 0.000000465. The Morgan fingerprint density at radius 2 is 1.81 bits per heavy atom. The van der Waals surface area contributed by atoms with Crippen LogP contribution in [-0.2, 0) is 0 Å². The van der Waals surface area contributed by atoms with Crippen molar-refractivity contribution in [2.24, 2.45) is 0 Å². The second-order valence-electron chi connectivity index (χ2n) is 5.76. The van der Waals surface area contributed by atoms with Gasteiger partial charge < -0.3 is 10.6 Å². The molecule has 6 heteroatoms.